The summed E-state index contributed by atoms with van der Waals surface area (Å²) in [6, 6.07) is 23.1. The zero-order valence-electron chi connectivity index (χ0n) is 41.7. The fourth-order valence-electron chi connectivity index (χ4n) is 12.8. The first-order valence-corrected chi connectivity index (χ1v) is 26.7. The molecule has 7 atom stereocenters. The minimum atomic E-state index is -0.581. The minimum absolute atomic E-state index is 0.0455. The second kappa shape index (κ2) is 25.0. The van der Waals surface area contributed by atoms with E-state index < -0.39 is 12.2 Å². The highest BCUT2D eigenvalue weighted by Gasteiger charge is 2.45. The van der Waals surface area contributed by atoms with Gasteiger partial charge in [0.05, 0.1) is 31.9 Å². The van der Waals surface area contributed by atoms with Gasteiger partial charge in [-0.1, -0.05) is 92.4 Å². The lowest BCUT2D eigenvalue weighted by atomic mass is 9.59. The van der Waals surface area contributed by atoms with Gasteiger partial charge in [-0.2, -0.15) is 0 Å². The zero-order chi connectivity index (χ0) is 48.9. The Morgan fingerprint density at radius 1 is 0.943 bits per heavy atom. The number of hydrogen-bond donors (Lipinski definition) is 7. The van der Waals surface area contributed by atoms with Crippen molar-refractivity contribution < 1.29 is 29.6 Å². The van der Waals surface area contributed by atoms with Crippen molar-refractivity contribution in [3.8, 4) is 11.5 Å². The van der Waals surface area contributed by atoms with Gasteiger partial charge in [-0.25, -0.2) is 0 Å². The maximum atomic E-state index is 13.7. The Morgan fingerprint density at radius 3 is 2.50 bits per heavy atom. The average Bonchev–Trinajstić information content (AvgIpc) is 3.37. The van der Waals surface area contributed by atoms with Crippen molar-refractivity contribution >= 4 is 17.1 Å². The molecule has 0 spiro atoms. The predicted molar refractivity (Wildman–Crippen MR) is 280 cm³/mol. The van der Waals surface area contributed by atoms with Gasteiger partial charge >= 0.3 is 0 Å². The van der Waals surface area contributed by atoms with Crippen molar-refractivity contribution in [2.45, 2.75) is 140 Å². The van der Waals surface area contributed by atoms with Crippen LogP contribution in [0.2, 0.25) is 0 Å². The number of benzene rings is 3. The molecule has 70 heavy (non-hydrogen) atoms. The maximum absolute atomic E-state index is 13.7. The van der Waals surface area contributed by atoms with Crippen LogP contribution in [-0.4, -0.2) is 78.0 Å². The molecule has 10 nitrogen and oxygen atoms in total. The molecule has 3 fully saturated rings. The maximum Gasteiger partial charge on any atom is 0.163 e. The van der Waals surface area contributed by atoms with Gasteiger partial charge in [0, 0.05) is 25.2 Å². The van der Waals surface area contributed by atoms with Gasteiger partial charge < -0.3 is 41.7 Å². The number of nitrogens with one attached hydrogen (secondary N) is 3. The lowest BCUT2D eigenvalue weighted by molar-refractivity contribution is -0.124. The van der Waals surface area contributed by atoms with E-state index in [-0.39, 0.29) is 35.7 Å². The quantitative estimate of drug-likeness (QED) is 0.0277. The van der Waals surface area contributed by atoms with Crippen LogP contribution >= 0.6 is 0 Å². The molecule has 0 amide bonds. The van der Waals surface area contributed by atoms with Gasteiger partial charge in [0.15, 0.2) is 17.3 Å². The Labute approximate surface area is 417 Å². The number of piperidine rings is 1. The van der Waals surface area contributed by atoms with E-state index in [1.807, 2.05) is 18.3 Å². The van der Waals surface area contributed by atoms with Crippen LogP contribution < -0.4 is 26.4 Å². The lowest BCUT2D eigenvalue weighted by Gasteiger charge is -2.51. The molecule has 1 unspecified atom stereocenters. The number of aromatic hydroxyl groups is 1. The Kier molecular flexibility index (Phi) is 18.4. The number of Topliss-reactive ketones (excluding diaryl/α,β-unsaturated/α-hetero) is 1. The molecular formula is C60H80N4O6. The molecule has 1 saturated heterocycles. The molecule has 8 N–H and O–H groups in total. The van der Waals surface area contributed by atoms with Crippen molar-refractivity contribution in [2.24, 2.45) is 35.3 Å². The van der Waals surface area contributed by atoms with Crippen LogP contribution in [0, 0.1) is 29.6 Å². The summed E-state index contributed by atoms with van der Waals surface area (Å²) in [5.74, 6) is 2.59. The second-order valence-electron chi connectivity index (χ2n) is 21.4. The Hall–Kier alpha value is -4.84. The van der Waals surface area contributed by atoms with E-state index in [2.05, 4.69) is 76.6 Å². The van der Waals surface area contributed by atoms with E-state index in [9.17, 15) is 24.9 Å². The zero-order valence-corrected chi connectivity index (χ0v) is 41.7. The number of rotatable bonds is 23. The van der Waals surface area contributed by atoms with Crippen molar-refractivity contribution in [2.75, 3.05) is 33.4 Å². The summed E-state index contributed by atoms with van der Waals surface area (Å²) in [6.07, 6.45) is 25.8. The largest absolute Gasteiger partial charge is 0.504 e. The number of methoxy groups -OCH3 is 1. The van der Waals surface area contributed by atoms with Crippen LogP contribution in [-0.2, 0) is 35.3 Å². The van der Waals surface area contributed by atoms with Crippen LogP contribution in [0.15, 0.2) is 108 Å². The second-order valence-corrected chi connectivity index (χ2v) is 21.4. The smallest absolute Gasteiger partial charge is 0.163 e. The molecule has 376 valence electrons. The third-order valence-electron chi connectivity index (χ3n) is 16.5. The molecule has 2 aliphatic carbocycles. The van der Waals surface area contributed by atoms with Crippen LogP contribution in [0.1, 0.15) is 124 Å². The summed E-state index contributed by atoms with van der Waals surface area (Å²) in [4.78, 5) is 27.3. The molecule has 3 aliphatic heterocycles. The van der Waals surface area contributed by atoms with E-state index in [1.54, 1.807) is 12.1 Å². The van der Waals surface area contributed by atoms with E-state index >= 15 is 0 Å². The first kappa shape index (κ1) is 51.5. The predicted octanol–water partition coefficient (Wildman–Crippen LogP) is 9.01. The van der Waals surface area contributed by atoms with Gasteiger partial charge in [0.1, 0.15) is 5.78 Å². The van der Waals surface area contributed by atoms with Crippen LogP contribution in [0.5, 0.6) is 11.5 Å². The number of phenolic OH excluding ortho intramolecular Hbond substituents is 1. The van der Waals surface area contributed by atoms with Crippen molar-refractivity contribution in [1.82, 2.24) is 16.0 Å². The van der Waals surface area contributed by atoms with Gasteiger partial charge in [0.25, 0.3) is 0 Å². The van der Waals surface area contributed by atoms with Crippen molar-refractivity contribution in [3.05, 3.63) is 136 Å². The number of aliphatic hydroxyl groups is 2. The van der Waals surface area contributed by atoms with Gasteiger partial charge in [0.2, 0.25) is 0 Å². The van der Waals surface area contributed by atoms with E-state index in [0.29, 0.717) is 71.6 Å². The van der Waals surface area contributed by atoms with E-state index in [0.717, 1.165) is 108 Å². The molecule has 5 aliphatic rings. The van der Waals surface area contributed by atoms with Crippen LogP contribution in [0.3, 0.4) is 0 Å². The van der Waals surface area contributed by atoms with Gasteiger partial charge in [-0.15, -0.1) is 0 Å². The first-order valence-electron chi connectivity index (χ1n) is 26.7. The van der Waals surface area contributed by atoms with Crippen molar-refractivity contribution in [1.29, 1.82) is 0 Å². The number of fused-ring (bicyclic) bond motifs is 2. The third-order valence-corrected chi connectivity index (χ3v) is 16.5. The highest BCUT2D eigenvalue weighted by molar-refractivity contribution is 6.07. The van der Waals surface area contributed by atoms with Crippen molar-refractivity contribution in [3.63, 3.8) is 0 Å². The number of aryl methyl sites for hydroxylation is 3. The summed E-state index contributed by atoms with van der Waals surface area (Å²) in [5.41, 5.74) is 13.4. The number of ketones is 2. The molecule has 10 heteroatoms. The molecule has 3 aromatic rings. The van der Waals surface area contributed by atoms with Gasteiger partial charge in [-0.05, 0) is 195 Å². The van der Waals surface area contributed by atoms with Crippen LogP contribution in [0.25, 0.3) is 5.57 Å². The molecular weight excluding hydrogens is 873 g/mol. The number of nitrogens with two attached hydrogens (primary N) is 1. The highest BCUT2D eigenvalue weighted by atomic mass is 16.5. The molecule has 2 saturated carbocycles. The number of aliphatic hydroxyl groups excluding tert-OH is 1. The molecule has 0 aromatic heterocycles. The molecule has 0 radical (unpaired) electrons. The molecule has 0 bridgehead atoms. The molecule has 8 rings (SSSR count). The lowest BCUT2D eigenvalue weighted by Crippen LogP contribution is -2.56. The van der Waals surface area contributed by atoms with E-state index in [1.165, 1.54) is 49.1 Å². The van der Waals surface area contributed by atoms with Crippen LogP contribution in [0.4, 0.5) is 0 Å². The number of hydrogen-bond acceptors (Lipinski definition) is 10. The minimum Gasteiger partial charge on any atom is -0.504 e. The average molecular weight is 953 g/mol. The normalized spacial score (nSPS) is 24.6. The summed E-state index contributed by atoms with van der Waals surface area (Å²) in [5, 5.41) is 44.2. The monoisotopic (exact) mass is 953 g/mol. The number of phenols is 1. The summed E-state index contributed by atoms with van der Waals surface area (Å²) >= 11 is 0. The standard InChI is InChI=1S/C60H80N4O6/c1-70-57-37-54(47(34-56(57)68)32-48-39-64-58(61)35-45(48)21-20-43-14-8-13-42(29-43)19-18-41-11-4-2-5-12-41)50(40-65)33-52(67)36-51(66)17-9-15-44(22-26-60(69)24-6-3-7-25-60)30-55-53-23-28-62-38-49(53)31-46-16-10-27-63-59(46)55/h2,4-5,8,10-14,16,29,33-35,37,39,44,46,49,53,55,58-59,62-65,68-69H,3,6-7,9,15,17-28,30-32,36,38,40,61H2,1H3/b50-33+/t44-,46+,49-,53+,55-,58?,59-/m1/s1. The highest BCUT2D eigenvalue weighted by Crippen LogP contribution is 2.47. The Morgan fingerprint density at radius 2 is 1.71 bits per heavy atom. The SMILES string of the molecule is COc1cc(/C(=C/C(=O)CC(=O)CCC[C@H](CCC2(O)CCCCC2)C[C@@H]2[C@H]3CCNC[C@H]3C[C@@H]3C=CCN[C@@H]23)CO)c(CC2=CNC(N)C=C2CCc2cccc(CCc3ccccc3)c2)cc1O. The summed E-state index contributed by atoms with van der Waals surface area (Å²) < 4.78 is 5.51. The number of dihydropyridines is 1. The number of ether oxygens (including phenoxy) is 1. The number of carbonyl (C=O) groups excluding carboxylic acids is 2. The molecule has 3 aromatic carbocycles. The third kappa shape index (κ3) is 14.0. The Bertz CT molecular complexity index is 2350. The number of carbonyl (C=O) groups is 2. The number of allylic oxidation sites excluding steroid dienone is 3. The summed E-state index contributed by atoms with van der Waals surface area (Å²) in [6.45, 7) is 2.64. The Balaban J connectivity index is 0.909. The van der Waals surface area contributed by atoms with E-state index in [4.69, 9.17) is 10.5 Å². The fourth-order valence-corrected chi connectivity index (χ4v) is 12.8. The molecule has 3 heterocycles. The summed E-state index contributed by atoms with van der Waals surface area (Å²) in [7, 11) is 1.47. The fraction of sp³-hybridized carbons (Fsp3) is 0.533. The topological polar surface area (TPSA) is 166 Å². The first-order chi connectivity index (χ1) is 34.1. The van der Waals surface area contributed by atoms with Gasteiger partial charge in [-0.3, -0.25) is 9.59 Å².